The van der Waals surface area contributed by atoms with Crippen molar-refractivity contribution in [3.63, 3.8) is 0 Å². The molecule has 0 aromatic carbocycles. The number of hydrogen-bond donors (Lipinski definition) is 0. The van der Waals surface area contributed by atoms with E-state index < -0.39 is 0 Å². The van der Waals surface area contributed by atoms with Crippen LogP contribution in [0.5, 0.6) is 0 Å². The third-order valence-corrected chi connectivity index (χ3v) is 5.26. The van der Waals surface area contributed by atoms with Crippen LogP contribution >= 0.6 is 11.3 Å². The fourth-order valence-electron chi connectivity index (χ4n) is 3.18. The maximum Gasteiger partial charge on any atom is 0.237 e. The Balaban J connectivity index is 1.68. The number of fused-ring (bicyclic) bond motifs is 1. The quantitative estimate of drug-likeness (QED) is 0.854. The molecule has 3 rings (SSSR count). The van der Waals surface area contributed by atoms with E-state index in [4.69, 9.17) is 4.74 Å². The van der Waals surface area contributed by atoms with Crippen molar-refractivity contribution in [3.8, 4) is 0 Å². The average molecular weight is 294 g/mol. The lowest BCUT2D eigenvalue weighted by atomic mass is 9.97. The zero-order chi connectivity index (χ0) is 13.9. The molecule has 0 aliphatic carbocycles. The molecule has 1 unspecified atom stereocenters. The van der Waals surface area contributed by atoms with Crippen LogP contribution in [0.25, 0.3) is 0 Å². The van der Waals surface area contributed by atoms with E-state index in [9.17, 15) is 4.79 Å². The van der Waals surface area contributed by atoms with Crippen molar-refractivity contribution in [2.75, 3.05) is 39.4 Å². The minimum Gasteiger partial charge on any atom is -0.379 e. The molecule has 5 heteroatoms. The van der Waals surface area contributed by atoms with Crippen LogP contribution in [0, 0.1) is 0 Å². The van der Waals surface area contributed by atoms with Gasteiger partial charge in [-0.05, 0) is 29.9 Å². The molecule has 1 amide bonds. The van der Waals surface area contributed by atoms with E-state index in [-0.39, 0.29) is 11.9 Å². The summed E-state index contributed by atoms with van der Waals surface area (Å²) in [6.45, 7) is 6.83. The lowest BCUT2D eigenvalue weighted by Gasteiger charge is -2.37. The van der Waals surface area contributed by atoms with Gasteiger partial charge in [0.1, 0.15) is 0 Å². The van der Waals surface area contributed by atoms with Crippen molar-refractivity contribution in [1.82, 2.24) is 9.80 Å². The van der Waals surface area contributed by atoms with E-state index in [0.29, 0.717) is 6.54 Å². The van der Waals surface area contributed by atoms with Crippen molar-refractivity contribution in [2.45, 2.75) is 25.8 Å². The van der Waals surface area contributed by atoms with E-state index in [1.807, 2.05) is 11.3 Å². The number of ether oxygens (including phenoxy) is 1. The number of thiophene rings is 1. The highest BCUT2D eigenvalue weighted by Gasteiger charge is 2.31. The van der Waals surface area contributed by atoms with E-state index in [0.717, 1.165) is 45.7 Å². The molecule has 0 saturated carbocycles. The second-order valence-electron chi connectivity index (χ2n) is 5.45. The van der Waals surface area contributed by atoms with Crippen LogP contribution in [-0.2, 0) is 16.0 Å². The van der Waals surface area contributed by atoms with E-state index in [1.54, 1.807) is 0 Å². The summed E-state index contributed by atoms with van der Waals surface area (Å²) in [6.07, 6.45) is 2.01. The van der Waals surface area contributed by atoms with Crippen molar-refractivity contribution in [2.24, 2.45) is 0 Å². The van der Waals surface area contributed by atoms with Crippen LogP contribution in [0.4, 0.5) is 0 Å². The Morgan fingerprint density at radius 2 is 2.20 bits per heavy atom. The molecule has 3 heterocycles. The third kappa shape index (κ3) is 2.75. The molecule has 1 saturated heterocycles. The largest absolute Gasteiger partial charge is 0.379 e. The first kappa shape index (κ1) is 14.0. The molecule has 0 radical (unpaired) electrons. The summed E-state index contributed by atoms with van der Waals surface area (Å²) < 4.78 is 5.34. The summed E-state index contributed by atoms with van der Waals surface area (Å²) in [4.78, 5) is 18.4. The summed E-state index contributed by atoms with van der Waals surface area (Å²) in [5, 5.41) is 2.16. The maximum absolute atomic E-state index is 12.6. The molecule has 2 aliphatic heterocycles. The number of morpholine rings is 1. The number of carbonyl (C=O) groups excluding carboxylic acids is 1. The molecule has 1 fully saturated rings. The van der Waals surface area contributed by atoms with Gasteiger partial charge in [0, 0.05) is 24.5 Å². The minimum absolute atomic E-state index is 0.274. The van der Waals surface area contributed by atoms with Gasteiger partial charge in [-0.1, -0.05) is 6.92 Å². The molecular formula is C15H22N2O2S. The summed E-state index contributed by atoms with van der Waals surface area (Å²) >= 11 is 1.83. The highest BCUT2D eigenvalue weighted by molar-refractivity contribution is 7.10. The predicted octanol–water partition coefficient (Wildman–Crippen LogP) is 1.92. The van der Waals surface area contributed by atoms with E-state index in [2.05, 4.69) is 28.2 Å². The van der Waals surface area contributed by atoms with Crippen LogP contribution < -0.4 is 0 Å². The van der Waals surface area contributed by atoms with Gasteiger partial charge in [0.2, 0.25) is 5.91 Å². The molecule has 0 spiro atoms. The molecule has 2 aliphatic rings. The Labute approximate surface area is 124 Å². The van der Waals surface area contributed by atoms with Gasteiger partial charge >= 0.3 is 0 Å². The molecule has 1 aromatic rings. The van der Waals surface area contributed by atoms with E-state index in [1.165, 1.54) is 10.4 Å². The molecule has 4 nitrogen and oxygen atoms in total. The lowest BCUT2D eigenvalue weighted by Crippen LogP contribution is -2.47. The van der Waals surface area contributed by atoms with Crippen LogP contribution in [0.3, 0.4) is 0 Å². The summed E-state index contributed by atoms with van der Waals surface area (Å²) in [7, 11) is 0. The van der Waals surface area contributed by atoms with Gasteiger partial charge < -0.3 is 9.64 Å². The van der Waals surface area contributed by atoms with Gasteiger partial charge in [0.25, 0.3) is 0 Å². The van der Waals surface area contributed by atoms with Crippen LogP contribution in [0.2, 0.25) is 0 Å². The first-order valence-corrected chi connectivity index (χ1v) is 8.33. The van der Waals surface area contributed by atoms with Crippen LogP contribution in [0.15, 0.2) is 11.4 Å². The summed E-state index contributed by atoms with van der Waals surface area (Å²) in [5.41, 5.74) is 1.37. The summed E-state index contributed by atoms with van der Waals surface area (Å²) in [6, 6.07) is 2.47. The van der Waals surface area contributed by atoms with Gasteiger partial charge in [0.15, 0.2) is 0 Å². The van der Waals surface area contributed by atoms with E-state index >= 15 is 0 Å². The number of hydrogen-bond acceptors (Lipinski definition) is 4. The first-order chi connectivity index (χ1) is 9.79. The molecule has 0 N–H and O–H groups in total. The van der Waals surface area contributed by atoms with Crippen molar-refractivity contribution in [1.29, 1.82) is 0 Å². The third-order valence-electron chi connectivity index (χ3n) is 4.26. The van der Waals surface area contributed by atoms with Gasteiger partial charge in [-0.2, -0.15) is 0 Å². The Kier molecular flexibility index (Phi) is 4.38. The molecule has 110 valence electrons. The second-order valence-corrected chi connectivity index (χ2v) is 6.45. The van der Waals surface area contributed by atoms with Crippen molar-refractivity contribution < 1.29 is 9.53 Å². The van der Waals surface area contributed by atoms with Gasteiger partial charge in [0.05, 0.1) is 25.8 Å². The normalized spacial score (nSPS) is 23.6. The monoisotopic (exact) mass is 294 g/mol. The van der Waals surface area contributed by atoms with Crippen LogP contribution in [-0.4, -0.2) is 55.1 Å². The Morgan fingerprint density at radius 1 is 1.40 bits per heavy atom. The molecule has 1 aromatic heterocycles. The molecule has 20 heavy (non-hydrogen) atoms. The Hall–Kier alpha value is -0.910. The zero-order valence-corrected chi connectivity index (χ0v) is 12.8. The zero-order valence-electron chi connectivity index (χ0n) is 12.0. The molecular weight excluding hydrogens is 272 g/mol. The number of carbonyl (C=O) groups is 1. The van der Waals surface area contributed by atoms with Crippen molar-refractivity contribution >= 4 is 17.2 Å². The van der Waals surface area contributed by atoms with Gasteiger partial charge in [-0.15, -0.1) is 11.3 Å². The molecule has 0 bridgehead atoms. The average Bonchev–Trinajstić information content (AvgIpc) is 2.95. The van der Waals surface area contributed by atoms with Crippen LogP contribution in [0.1, 0.15) is 29.8 Å². The highest BCUT2D eigenvalue weighted by Crippen LogP contribution is 2.35. The smallest absolute Gasteiger partial charge is 0.237 e. The fraction of sp³-hybridized carbons (Fsp3) is 0.667. The lowest BCUT2D eigenvalue weighted by molar-refractivity contribution is -0.136. The fourth-order valence-corrected chi connectivity index (χ4v) is 4.10. The standard InChI is InChI=1S/C15H22N2O2S/c1-2-13-12-4-10-20-14(12)3-5-17(13)15(18)11-16-6-8-19-9-7-16/h4,10,13H,2-3,5-9,11H2,1H3. The Bertz CT molecular complexity index is 468. The van der Waals surface area contributed by atoms with Crippen molar-refractivity contribution in [3.05, 3.63) is 21.9 Å². The Morgan fingerprint density at radius 3 is 2.95 bits per heavy atom. The highest BCUT2D eigenvalue weighted by atomic mass is 32.1. The topological polar surface area (TPSA) is 32.8 Å². The summed E-state index contributed by atoms with van der Waals surface area (Å²) in [5.74, 6) is 0.274. The second kappa shape index (κ2) is 6.24. The minimum atomic E-state index is 0.274. The maximum atomic E-state index is 12.6. The predicted molar refractivity (Wildman–Crippen MR) is 80.0 cm³/mol. The van der Waals surface area contributed by atoms with Gasteiger partial charge in [-0.25, -0.2) is 0 Å². The first-order valence-electron chi connectivity index (χ1n) is 7.45. The number of amides is 1. The SMILES string of the molecule is CCC1c2ccsc2CCN1C(=O)CN1CCOCC1. The molecule has 1 atom stereocenters. The number of rotatable bonds is 3. The number of nitrogens with zero attached hydrogens (tertiary/aromatic N) is 2. The van der Waals surface area contributed by atoms with Gasteiger partial charge in [-0.3, -0.25) is 9.69 Å².